The SMILES string of the molecule is CCOc1ccccc1NC(=O)C(C)OC(=O)c1ccc(OC)cc1O. The second kappa shape index (κ2) is 8.75. The predicted molar refractivity (Wildman–Crippen MR) is 95.8 cm³/mol. The first-order valence-electron chi connectivity index (χ1n) is 8.07. The molecule has 0 heterocycles. The van der Waals surface area contributed by atoms with E-state index in [0.717, 1.165) is 0 Å². The number of carbonyl (C=O) groups is 2. The van der Waals surface area contributed by atoms with Gasteiger partial charge in [0.1, 0.15) is 22.8 Å². The molecule has 0 saturated carbocycles. The van der Waals surface area contributed by atoms with Crippen LogP contribution in [0.3, 0.4) is 0 Å². The molecule has 0 bridgehead atoms. The number of methoxy groups -OCH3 is 1. The second-order valence-electron chi connectivity index (χ2n) is 5.35. The molecule has 0 aliphatic heterocycles. The van der Waals surface area contributed by atoms with Crippen LogP contribution in [0.2, 0.25) is 0 Å². The summed E-state index contributed by atoms with van der Waals surface area (Å²) in [5.41, 5.74) is 0.426. The van der Waals surface area contributed by atoms with Gasteiger partial charge in [0.15, 0.2) is 6.10 Å². The Morgan fingerprint density at radius 1 is 1.19 bits per heavy atom. The number of phenolic OH excluding ortho intramolecular Hbond substituents is 1. The van der Waals surface area contributed by atoms with Gasteiger partial charge in [-0.3, -0.25) is 4.79 Å². The third-order valence-electron chi connectivity index (χ3n) is 3.52. The number of phenols is 1. The molecule has 0 saturated heterocycles. The van der Waals surface area contributed by atoms with Crippen molar-refractivity contribution in [1.82, 2.24) is 0 Å². The highest BCUT2D eigenvalue weighted by Gasteiger charge is 2.22. The first-order chi connectivity index (χ1) is 12.5. The summed E-state index contributed by atoms with van der Waals surface area (Å²) in [5, 5.41) is 12.5. The first kappa shape index (κ1) is 19.1. The molecule has 138 valence electrons. The number of anilines is 1. The molecule has 0 aliphatic carbocycles. The molecule has 2 aromatic rings. The summed E-state index contributed by atoms with van der Waals surface area (Å²) in [5.74, 6) is -0.694. The summed E-state index contributed by atoms with van der Waals surface area (Å²) in [4.78, 5) is 24.5. The number of rotatable bonds is 7. The molecule has 2 aromatic carbocycles. The van der Waals surface area contributed by atoms with E-state index < -0.39 is 18.0 Å². The quantitative estimate of drug-likeness (QED) is 0.738. The molecule has 7 heteroatoms. The molecule has 2 rings (SSSR count). The zero-order valence-corrected chi connectivity index (χ0v) is 14.8. The normalized spacial score (nSPS) is 11.3. The van der Waals surface area contributed by atoms with E-state index in [1.807, 2.05) is 6.92 Å². The smallest absolute Gasteiger partial charge is 0.342 e. The van der Waals surface area contributed by atoms with Gasteiger partial charge in [0.25, 0.3) is 5.91 Å². The highest BCUT2D eigenvalue weighted by atomic mass is 16.5. The Bertz CT molecular complexity index is 789. The second-order valence-corrected chi connectivity index (χ2v) is 5.35. The van der Waals surface area contributed by atoms with E-state index in [0.29, 0.717) is 23.8 Å². The molecule has 7 nitrogen and oxygen atoms in total. The van der Waals surface area contributed by atoms with Crippen molar-refractivity contribution in [1.29, 1.82) is 0 Å². The molecule has 0 fully saturated rings. The maximum absolute atomic E-state index is 12.3. The average molecular weight is 359 g/mol. The Morgan fingerprint density at radius 2 is 1.92 bits per heavy atom. The van der Waals surface area contributed by atoms with Crippen molar-refractivity contribution in [3.63, 3.8) is 0 Å². The minimum atomic E-state index is -1.07. The van der Waals surface area contributed by atoms with Crippen LogP contribution in [0, 0.1) is 0 Å². The van der Waals surface area contributed by atoms with E-state index in [2.05, 4.69) is 5.32 Å². The molecule has 0 radical (unpaired) electrons. The zero-order valence-electron chi connectivity index (χ0n) is 14.8. The van der Waals surface area contributed by atoms with Crippen LogP contribution in [0.15, 0.2) is 42.5 Å². The number of nitrogens with one attached hydrogen (secondary N) is 1. The van der Waals surface area contributed by atoms with E-state index in [9.17, 15) is 14.7 Å². The van der Waals surface area contributed by atoms with Crippen molar-refractivity contribution in [3.8, 4) is 17.2 Å². The molecule has 0 aliphatic rings. The third-order valence-corrected chi connectivity index (χ3v) is 3.52. The molecule has 0 spiro atoms. The number of hydrogen-bond donors (Lipinski definition) is 2. The molecular weight excluding hydrogens is 338 g/mol. The van der Waals surface area contributed by atoms with Crippen molar-refractivity contribution in [2.45, 2.75) is 20.0 Å². The van der Waals surface area contributed by atoms with Crippen LogP contribution in [0.1, 0.15) is 24.2 Å². The van der Waals surface area contributed by atoms with Crippen LogP contribution in [-0.2, 0) is 9.53 Å². The molecule has 1 amide bonds. The van der Waals surface area contributed by atoms with Crippen LogP contribution in [0.25, 0.3) is 0 Å². The standard InChI is InChI=1S/C19H21NO6/c1-4-25-17-8-6-5-7-15(17)20-18(22)12(2)26-19(23)14-10-9-13(24-3)11-16(14)21/h5-12,21H,4H2,1-3H3,(H,20,22). The zero-order chi connectivity index (χ0) is 19.1. The summed E-state index contributed by atoms with van der Waals surface area (Å²) in [6, 6.07) is 11.1. The van der Waals surface area contributed by atoms with Crippen molar-refractivity contribution >= 4 is 17.6 Å². The van der Waals surface area contributed by atoms with E-state index in [1.165, 1.54) is 32.2 Å². The van der Waals surface area contributed by atoms with E-state index in [1.54, 1.807) is 24.3 Å². The lowest BCUT2D eigenvalue weighted by molar-refractivity contribution is -0.123. The summed E-state index contributed by atoms with van der Waals surface area (Å²) in [6.45, 7) is 3.73. The van der Waals surface area contributed by atoms with Gasteiger partial charge in [-0.2, -0.15) is 0 Å². The van der Waals surface area contributed by atoms with E-state index in [4.69, 9.17) is 14.2 Å². The van der Waals surface area contributed by atoms with Gasteiger partial charge in [0.05, 0.1) is 19.4 Å². The number of benzene rings is 2. The monoisotopic (exact) mass is 359 g/mol. The lowest BCUT2D eigenvalue weighted by atomic mass is 10.2. The largest absolute Gasteiger partial charge is 0.507 e. The molecule has 2 N–H and O–H groups in total. The Labute approximate surface area is 151 Å². The van der Waals surface area contributed by atoms with Gasteiger partial charge in [0, 0.05) is 6.07 Å². The summed E-state index contributed by atoms with van der Waals surface area (Å²) < 4.78 is 15.5. The van der Waals surface area contributed by atoms with E-state index >= 15 is 0 Å². The van der Waals surface area contributed by atoms with Gasteiger partial charge >= 0.3 is 5.97 Å². The van der Waals surface area contributed by atoms with Gasteiger partial charge < -0.3 is 24.6 Å². The number of carbonyl (C=O) groups excluding carboxylic acids is 2. The number of ether oxygens (including phenoxy) is 3. The van der Waals surface area contributed by atoms with Gasteiger partial charge in [-0.05, 0) is 38.1 Å². The molecular formula is C19H21NO6. The topological polar surface area (TPSA) is 94.1 Å². The van der Waals surface area contributed by atoms with Crippen LogP contribution in [-0.4, -0.2) is 36.8 Å². The van der Waals surface area contributed by atoms with Crippen molar-refractivity contribution in [3.05, 3.63) is 48.0 Å². The maximum atomic E-state index is 12.3. The fraction of sp³-hybridized carbons (Fsp3) is 0.263. The van der Waals surface area contributed by atoms with Crippen LogP contribution in [0.5, 0.6) is 17.2 Å². The minimum absolute atomic E-state index is 0.0554. The molecule has 1 unspecified atom stereocenters. The number of amides is 1. The Hall–Kier alpha value is -3.22. The highest BCUT2D eigenvalue weighted by Crippen LogP contribution is 2.26. The van der Waals surface area contributed by atoms with Crippen molar-refractivity contribution < 1.29 is 28.9 Å². The number of esters is 1. The molecule has 0 aromatic heterocycles. The van der Waals surface area contributed by atoms with Gasteiger partial charge in [0.2, 0.25) is 0 Å². The number of aromatic hydroxyl groups is 1. The molecule has 26 heavy (non-hydrogen) atoms. The highest BCUT2D eigenvalue weighted by molar-refractivity contribution is 5.99. The summed E-state index contributed by atoms with van der Waals surface area (Å²) in [6.07, 6.45) is -1.07. The Kier molecular flexibility index (Phi) is 6.43. The lowest BCUT2D eigenvalue weighted by Gasteiger charge is -2.16. The van der Waals surface area contributed by atoms with Crippen molar-refractivity contribution in [2.24, 2.45) is 0 Å². The van der Waals surface area contributed by atoms with Gasteiger partial charge in [-0.1, -0.05) is 12.1 Å². The van der Waals surface area contributed by atoms with Crippen LogP contribution < -0.4 is 14.8 Å². The van der Waals surface area contributed by atoms with Crippen LogP contribution in [0.4, 0.5) is 5.69 Å². The summed E-state index contributed by atoms with van der Waals surface area (Å²) in [7, 11) is 1.44. The average Bonchev–Trinajstić information content (AvgIpc) is 2.63. The Balaban J connectivity index is 2.04. The number of hydrogen-bond acceptors (Lipinski definition) is 6. The van der Waals surface area contributed by atoms with Crippen LogP contribution >= 0.6 is 0 Å². The van der Waals surface area contributed by atoms with Gasteiger partial charge in [-0.15, -0.1) is 0 Å². The Morgan fingerprint density at radius 3 is 2.58 bits per heavy atom. The lowest BCUT2D eigenvalue weighted by Crippen LogP contribution is -2.30. The first-order valence-corrected chi connectivity index (χ1v) is 8.07. The number of para-hydroxylation sites is 2. The fourth-order valence-corrected chi connectivity index (χ4v) is 2.17. The van der Waals surface area contributed by atoms with E-state index in [-0.39, 0.29) is 11.3 Å². The minimum Gasteiger partial charge on any atom is -0.507 e. The van der Waals surface area contributed by atoms with Crippen molar-refractivity contribution in [2.75, 3.05) is 19.0 Å². The predicted octanol–water partition coefficient (Wildman–Crippen LogP) is 2.98. The van der Waals surface area contributed by atoms with Gasteiger partial charge in [-0.25, -0.2) is 4.79 Å². The maximum Gasteiger partial charge on any atom is 0.342 e. The fourth-order valence-electron chi connectivity index (χ4n) is 2.17. The third kappa shape index (κ3) is 4.66. The summed E-state index contributed by atoms with van der Waals surface area (Å²) >= 11 is 0. The molecule has 1 atom stereocenters.